The summed E-state index contributed by atoms with van der Waals surface area (Å²) in [7, 11) is 0. The Kier molecular flexibility index (Phi) is 3.48. The second-order valence-electron chi connectivity index (χ2n) is 4.50. The van der Waals surface area contributed by atoms with Gasteiger partial charge in [0.2, 0.25) is 0 Å². The number of nitrogens with two attached hydrogens (primary N) is 1. The lowest BCUT2D eigenvalue weighted by Gasteiger charge is -2.15. The molecule has 1 aromatic carbocycles. The molecule has 0 unspecified atom stereocenters. The molecular formula is C13H7BrIN3O4. The van der Waals surface area contributed by atoms with E-state index in [0.29, 0.717) is 8.04 Å². The van der Waals surface area contributed by atoms with E-state index < -0.39 is 17.4 Å². The number of halogens is 2. The minimum Gasteiger partial charge on any atom is -0.505 e. The van der Waals surface area contributed by atoms with Crippen LogP contribution in [-0.2, 0) is 0 Å². The van der Waals surface area contributed by atoms with Gasteiger partial charge in [-0.25, -0.2) is 0 Å². The third-order valence-electron chi connectivity index (χ3n) is 3.23. The highest BCUT2D eigenvalue weighted by Gasteiger charge is 2.32. The Hall–Kier alpha value is -1.88. The smallest absolute Gasteiger partial charge is 0.262 e. The summed E-state index contributed by atoms with van der Waals surface area (Å²) in [5.41, 5.74) is 5.27. The molecule has 9 heteroatoms. The molecule has 1 aliphatic rings. The normalized spacial score (nSPS) is 13.2. The molecule has 2 amide bonds. The Morgan fingerprint density at radius 3 is 2.59 bits per heavy atom. The lowest BCUT2D eigenvalue weighted by atomic mass is 10.1. The molecule has 22 heavy (non-hydrogen) atoms. The molecule has 1 aliphatic heterocycles. The Bertz CT molecular complexity index is 922. The number of amides is 2. The van der Waals surface area contributed by atoms with Gasteiger partial charge in [-0.2, -0.15) is 0 Å². The Labute approximate surface area is 145 Å². The van der Waals surface area contributed by atoms with Crippen molar-refractivity contribution in [1.29, 1.82) is 0 Å². The molecular weight excluding hydrogens is 469 g/mol. The van der Waals surface area contributed by atoms with Crippen molar-refractivity contribution >= 4 is 56.2 Å². The molecule has 0 radical (unpaired) electrons. The highest BCUT2D eigenvalue weighted by molar-refractivity contribution is 14.1. The summed E-state index contributed by atoms with van der Waals surface area (Å²) in [6.07, 6.45) is 0. The number of rotatable bonds is 1. The molecule has 4 N–H and O–H groups in total. The van der Waals surface area contributed by atoms with Crippen molar-refractivity contribution < 1.29 is 14.7 Å². The molecule has 0 spiro atoms. The van der Waals surface area contributed by atoms with Gasteiger partial charge in [-0.05, 0) is 50.7 Å². The molecule has 1 aromatic heterocycles. The van der Waals surface area contributed by atoms with E-state index in [9.17, 15) is 19.5 Å². The van der Waals surface area contributed by atoms with Crippen molar-refractivity contribution in [3.8, 4) is 11.4 Å². The van der Waals surface area contributed by atoms with Gasteiger partial charge in [0, 0.05) is 10.5 Å². The van der Waals surface area contributed by atoms with E-state index in [0.717, 1.165) is 10.6 Å². The van der Waals surface area contributed by atoms with Crippen LogP contribution in [0.1, 0.15) is 20.7 Å². The molecule has 2 aromatic rings. The first kappa shape index (κ1) is 15.0. The second-order valence-corrected chi connectivity index (χ2v) is 6.52. The lowest BCUT2D eigenvalue weighted by Crippen LogP contribution is -2.24. The van der Waals surface area contributed by atoms with Crippen molar-refractivity contribution in [3.63, 3.8) is 0 Å². The molecule has 3 rings (SSSR count). The van der Waals surface area contributed by atoms with E-state index in [1.807, 2.05) is 22.6 Å². The molecule has 0 aliphatic carbocycles. The van der Waals surface area contributed by atoms with Gasteiger partial charge in [-0.1, -0.05) is 0 Å². The van der Waals surface area contributed by atoms with Crippen LogP contribution in [0.25, 0.3) is 5.69 Å². The Morgan fingerprint density at radius 2 is 1.91 bits per heavy atom. The minimum atomic E-state index is -0.674. The number of imide groups is 1. The molecule has 0 saturated heterocycles. The highest BCUT2D eigenvalue weighted by atomic mass is 127. The summed E-state index contributed by atoms with van der Waals surface area (Å²) in [6.45, 7) is 0. The summed E-state index contributed by atoms with van der Waals surface area (Å²) >= 11 is 5.15. The first-order valence-corrected chi connectivity index (χ1v) is 7.78. The Balaban J connectivity index is 2.43. The molecule has 0 fully saturated rings. The van der Waals surface area contributed by atoms with Crippen molar-refractivity contribution in [2.45, 2.75) is 0 Å². The number of fused-ring (bicyclic) bond motifs is 1. The average molecular weight is 476 g/mol. The van der Waals surface area contributed by atoms with Gasteiger partial charge in [0.25, 0.3) is 17.4 Å². The average Bonchev–Trinajstić information content (AvgIpc) is 2.73. The number of benzene rings is 1. The van der Waals surface area contributed by atoms with Crippen molar-refractivity contribution in [2.75, 3.05) is 5.73 Å². The maximum absolute atomic E-state index is 12.3. The van der Waals surface area contributed by atoms with Gasteiger partial charge in [-0.3, -0.25) is 24.3 Å². The van der Waals surface area contributed by atoms with Crippen molar-refractivity contribution in [1.82, 2.24) is 9.88 Å². The summed E-state index contributed by atoms with van der Waals surface area (Å²) in [5, 5.41) is 12.3. The van der Waals surface area contributed by atoms with Crippen LogP contribution in [0.3, 0.4) is 0 Å². The number of anilines is 1. The van der Waals surface area contributed by atoms with E-state index >= 15 is 0 Å². The second kappa shape index (κ2) is 5.09. The maximum Gasteiger partial charge on any atom is 0.262 e. The van der Waals surface area contributed by atoms with Gasteiger partial charge in [-0.15, -0.1) is 0 Å². The number of nitrogen functional groups attached to an aromatic ring is 1. The van der Waals surface area contributed by atoms with Crippen LogP contribution in [0.15, 0.2) is 27.5 Å². The SMILES string of the molecule is Nc1c2c(cc(=O)n1-c1c(Br)ccc(I)c1O)C(=O)NC2=O. The number of phenolic OH excluding ortho intramolecular Hbond substituents is 1. The number of aromatic nitrogens is 1. The first-order valence-electron chi connectivity index (χ1n) is 5.91. The number of aromatic hydroxyl groups is 1. The minimum absolute atomic E-state index is 0.0648. The van der Waals surface area contributed by atoms with Gasteiger partial charge in [0.15, 0.2) is 5.75 Å². The van der Waals surface area contributed by atoms with Crippen LogP contribution >= 0.6 is 38.5 Å². The van der Waals surface area contributed by atoms with E-state index in [1.54, 1.807) is 12.1 Å². The van der Waals surface area contributed by atoms with Crippen LogP contribution < -0.4 is 16.6 Å². The summed E-state index contributed by atoms with van der Waals surface area (Å²) in [6, 6.07) is 4.31. The number of pyridine rings is 1. The topological polar surface area (TPSA) is 114 Å². The predicted molar refractivity (Wildman–Crippen MR) is 90.3 cm³/mol. The summed E-state index contributed by atoms with van der Waals surface area (Å²) in [5.74, 6) is -1.70. The maximum atomic E-state index is 12.3. The van der Waals surface area contributed by atoms with Gasteiger partial charge >= 0.3 is 0 Å². The van der Waals surface area contributed by atoms with E-state index in [4.69, 9.17) is 5.73 Å². The van der Waals surface area contributed by atoms with Gasteiger partial charge in [0.05, 0.1) is 14.7 Å². The number of hydrogen-bond donors (Lipinski definition) is 3. The van der Waals surface area contributed by atoms with Crippen molar-refractivity contribution in [3.05, 3.63) is 47.7 Å². The van der Waals surface area contributed by atoms with E-state index in [2.05, 4.69) is 21.2 Å². The van der Waals surface area contributed by atoms with Gasteiger partial charge < -0.3 is 10.8 Å². The van der Waals surface area contributed by atoms with E-state index in [1.165, 1.54) is 0 Å². The number of hydrogen-bond acceptors (Lipinski definition) is 5. The third-order valence-corrected chi connectivity index (χ3v) is 4.74. The molecule has 7 nitrogen and oxygen atoms in total. The Morgan fingerprint density at radius 1 is 1.23 bits per heavy atom. The molecule has 0 saturated carbocycles. The van der Waals surface area contributed by atoms with Crippen LogP contribution in [0.5, 0.6) is 5.75 Å². The molecule has 112 valence electrons. The third kappa shape index (κ3) is 2.03. The standard InChI is InChI=1S/C13H7BrIN3O4/c14-5-1-2-6(15)10(20)9(5)18-7(19)3-4-8(11(18)16)13(22)17-12(4)21/h1-3,20H,16H2,(H,17,21,22). The number of nitrogens with zero attached hydrogens (tertiary/aromatic N) is 1. The predicted octanol–water partition coefficient (Wildman–Crippen LogP) is 1.38. The van der Waals surface area contributed by atoms with Crippen LogP contribution in [0.4, 0.5) is 5.82 Å². The lowest BCUT2D eigenvalue weighted by molar-refractivity contribution is 0.0880. The van der Waals surface area contributed by atoms with E-state index in [-0.39, 0.29) is 28.4 Å². The highest BCUT2D eigenvalue weighted by Crippen LogP contribution is 2.35. The van der Waals surface area contributed by atoms with Crippen LogP contribution in [0, 0.1) is 3.57 Å². The first-order chi connectivity index (χ1) is 10.3. The molecule has 0 atom stereocenters. The fourth-order valence-electron chi connectivity index (χ4n) is 2.25. The fourth-order valence-corrected chi connectivity index (χ4v) is 3.19. The number of nitrogens with one attached hydrogen (secondary N) is 1. The monoisotopic (exact) mass is 475 g/mol. The zero-order chi connectivity index (χ0) is 16.2. The number of carbonyl (C=O) groups is 2. The quantitative estimate of drug-likeness (QED) is 0.426. The number of phenols is 1. The largest absolute Gasteiger partial charge is 0.505 e. The summed E-state index contributed by atoms with van der Waals surface area (Å²) < 4.78 is 1.92. The molecule has 2 heterocycles. The zero-order valence-electron chi connectivity index (χ0n) is 10.7. The van der Waals surface area contributed by atoms with Crippen molar-refractivity contribution in [2.24, 2.45) is 0 Å². The van der Waals surface area contributed by atoms with Crippen LogP contribution in [0.2, 0.25) is 0 Å². The number of carbonyl (C=O) groups excluding carboxylic acids is 2. The molecule has 0 bridgehead atoms. The fraction of sp³-hybridized carbons (Fsp3) is 0. The van der Waals surface area contributed by atoms with Gasteiger partial charge in [0.1, 0.15) is 11.5 Å². The zero-order valence-corrected chi connectivity index (χ0v) is 14.4. The van der Waals surface area contributed by atoms with Crippen LogP contribution in [-0.4, -0.2) is 21.5 Å². The summed E-state index contributed by atoms with van der Waals surface area (Å²) in [4.78, 5) is 35.8.